The maximum atomic E-state index is 12.3. The third-order valence-corrected chi connectivity index (χ3v) is 4.46. The molecule has 8 nitrogen and oxygen atoms in total. The predicted molar refractivity (Wildman–Crippen MR) is 117 cm³/mol. The van der Waals surface area contributed by atoms with Gasteiger partial charge in [-0.3, -0.25) is 25.0 Å². The van der Waals surface area contributed by atoms with Gasteiger partial charge in [-0.1, -0.05) is 30.1 Å². The van der Waals surface area contributed by atoms with Crippen molar-refractivity contribution in [3.63, 3.8) is 0 Å². The second-order valence-corrected chi connectivity index (χ2v) is 7.04. The Bertz CT molecular complexity index is 984. The maximum Gasteiger partial charge on any atom is 0.270 e. The summed E-state index contributed by atoms with van der Waals surface area (Å²) >= 11 is 17.2. The fourth-order valence-corrected chi connectivity index (χ4v) is 2.90. The Balaban J connectivity index is 2.07. The zero-order chi connectivity index (χ0) is 21.6. The molecule has 0 aliphatic heterocycles. The Labute approximate surface area is 181 Å². The van der Waals surface area contributed by atoms with Crippen molar-refractivity contribution in [3.8, 4) is 0 Å². The molecule has 2 rings (SSSR count). The van der Waals surface area contributed by atoms with E-state index in [0.29, 0.717) is 29.2 Å². The van der Waals surface area contributed by atoms with Crippen molar-refractivity contribution in [2.45, 2.75) is 19.8 Å². The lowest BCUT2D eigenvalue weighted by Crippen LogP contribution is -2.34. The first kappa shape index (κ1) is 22.5. The minimum atomic E-state index is -0.647. The van der Waals surface area contributed by atoms with E-state index in [4.69, 9.17) is 35.4 Å². The number of thiocarbonyl (C=S) groups is 1. The number of hydrogen-bond donors (Lipinski definition) is 3. The highest BCUT2D eigenvalue weighted by atomic mass is 35.5. The summed E-state index contributed by atoms with van der Waals surface area (Å²) in [6.07, 6.45) is 1.10. The summed E-state index contributed by atoms with van der Waals surface area (Å²) in [7, 11) is 0. The number of rotatable bonds is 6. The summed E-state index contributed by atoms with van der Waals surface area (Å²) in [5.41, 5.74) is 0.679. The van der Waals surface area contributed by atoms with Gasteiger partial charge in [-0.25, -0.2) is 0 Å². The van der Waals surface area contributed by atoms with E-state index >= 15 is 0 Å². The molecule has 0 bridgehead atoms. The topological polar surface area (TPSA) is 113 Å². The first-order valence-electron chi connectivity index (χ1n) is 8.37. The smallest absolute Gasteiger partial charge is 0.270 e. The largest absolute Gasteiger partial charge is 0.331 e. The van der Waals surface area contributed by atoms with E-state index in [9.17, 15) is 19.7 Å². The van der Waals surface area contributed by atoms with Crippen LogP contribution in [0, 0.1) is 10.1 Å². The molecule has 0 heterocycles. The van der Waals surface area contributed by atoms with Crippen LogP contribution in [0.5, 0.6) is 0 Å². The van der Waals surface area contributed by atoms with E-state index in [1.165, 1.54) is 6.07 Å². The number of non-ortho nitro benzene ring substituents is 1. The zero-order valence-corrected chi connectivity index (χ0v) is 17.5. The number of anilines is 2. The second kappa shape index (κ2) is 10.1. The van der Waals surface area contributed by atoms with Gasteiger partial charge in [-0.2, -0.15) is 0 Å². The quantitative estimate of drug-likeness (QED) is 0.329. The molecule has 29 heavy (non-hydrogen) atoms. The molecule has 0 radical (unpaired) electrons. The average molecular weight is 455 g/mol. The van der Waals surface area contributed by atoms with Crippen LogP contribution in [0.4, 0.5) is 17.1 Å². The number of hydrogen-bond acceptors (Lipinski definition) is 5. The SMILES string of the molecule is CCCC(=O)Nc1ccc(Cl)c(NC(=S)NC(=O)c2ccc([N+](=O)[O-])cc2Cl)c1. The highest BCUT2D eigenvalue weighted by molar-refractivity contribution is 7.80. The van der Waals surface area contributed by atoms with Crippen LogP contribution in [0.2, 0.25) is 10.0 Å². The van der Waals surface area contributed by atoms with E-state index < -0.39 is 10.8 Å². The molecule has 0 unspecified atom stereocenters. The number of nitrogens with zero attached hydrogens (tertiary/aromatic N) is 1. The molecule has 0 aliphatic rings. The van der Waals surface area contributed by atoms with E-state index in [1.807, 2.05) is 6.92 Å². The highest BCUT2D eigenvalue weighted by Gasteiger charge is 2.16. The summed E-state index contributed by atoms with van der Waals surface area (Å²) < 4.78 is 0. The van der Waals surface area contributed by atoms with E-state index in [-0.39, 0.29) is 27.3 Å². The fraction of sp³-hybridized carbons (Fsp3) is 0.167. The molecule has 0 spiro atoms. The van der Waals surface area contributed by atoms with Crippen molar-refractivity contribution in [2.24, 2.45) is 0 Å². The van der Waals surface area contributed by atoms with Crippen LogP contribution in [0.1, 0.15) is 30.1 Å². The van der Waals surface area contributed by atoms with Gasteiger partial charge in [0.05, 0.1) is 26.2 Å². The van der Waals surface area contributed by atoms with Gasteiger partial charge >= 0.3 is 0 Å². The van der Waals surface area contributed by atoms with Crippen LogP contribution >= 0.6 is 35.4 Å². The van der Waals surface area contributed by atoms with Crippen LogP contribution < -0.4 is 16.0 Å². The van der Waals surface area contributed by atoms with Gasteiger partial charge in [-0.15, -0.1) is 0 Å². The molecule has 152 valence electrons. The van der Waals surface area contributed by atoms with Crippen molar-refractivity contribution in [1.82, 2.24) is 5.32 Å². The Kier molecular flexibility index (Phi) is 7.89. The summed E-state index contributed by atoms with van der Waals surface area (Å²) in [5, 5.41) is 18.9. The average Bonchev–Trinajstić information content (AvgIpc) is 2.64. The van der Waals surface area contributed by atoms with Crippen LogP contribution in [-0.4, -0.2) is 21.9 Å². The lowest BCUT2D eigenvalue weighted by atomic mass is 10.2. The van der Waals surface area contributed by atoms with Crippen LogP contribution in [0.3, 0.4) is 0 Å². The first-order valence-corrected chi connectivity index (χ1v) is 9.53. The van der Waals surface area contributed by atoms with Gasteiger partial charge in [0.2, 0.25) is 5.91 Å². The number of nitrogens with one attached hydrogen (secondary N) is 3. The molecule has 0 fully saturated rings. The lowest BCUT2D eigenvalue weighted by Gasteiger charge is -2.13. The molecule has 11 heteroatoms. The molecule has 2 amide bonds. The second-order valence-electron chi connectivity index (χ2n) is 5.82. The Morgan fingerprint density at radius 3 is 2.45 bits per heavy atom. The third kappa shape index (κ3) is 6.38. The number of carbonyl (C=O) groups excluding carboxylic acids is 2. The summed E-state index contributed by atoms with van der Waals surface area (Å²) in [6, 6.07) is 8.26. The Morgan fingerprint density at radius 1 is 1.10 bits per heavy atom. The van der Waals surface area contributed by atoms with Gasteiger partial charge < -0.3 is 10.6 Å². The van der Waals surface area contributed by atoms with Crippen molar-refractivity contribution >= 4 is 69.4 Å². The number of amides is 2. The number of benzene rings is 2. The minimum absolute atomic E-state index is 0.0214. The van der Waals surface area contributed by atoms with Crippen LogP contribution in [-0.2, 0) is 4.79 Å². The monoisotopic (exact) mass is 454 g/mol. The van der Waals surface area contributed by atoms with Gasteiger partial charge in [0.1, 0.15) is 0 Å². The normalized spacial score (nSPS) is 10.2. The Morgan fingerprint density at radius 2 is 1.83 bits per heavy atom. The van der Waals surface area contributed by atoms with Crippen molar-refractivity contribution in [3.05, 3.63) is 62.1 Å². The molecule has 2 aromatic carbocycles. The molecule has 2 aromatic rings. The van der Waals surface area contributed by atoms with Crippen molar-refractivity contribution < 1.29 is 14.5 Å². The molecule has 0 saturated heterocycles. The number of nitro benzene ring substituents is 1. The van der Waals surface area contributed by atoms with Gasteiger partial charge in [-0.05, 0) is 42.9 Å². The minimum Gasteiger partial charge on any atom is -0.331 e. The zero-order valence-electron chi connectivity index (χ0n) is 15.1. The molecule has 0 aromatic heterocycles. The third-order valence-electron chi connectivity index (χ3n) is 3.61. The number of carbonyl (C=O) groups is 2. The summed E-state index contributed by atoms with van der Waals surface area (Å²) in [6.45, 7) is 1.90. The molecule has 0 atom stereocenters. The standard InChI is InChI=1S/C18H16Cl2N4O4S/c1-2-3-16(25)21-10-4-7-13(19)15(8-10)22-18(29)23-17(26)12-6-5-11(24(27)28)9-14(12)20/h4-9H,2-3H2,1H3,(H,21,25)(H2,22,23,26,29). The molecule has 0 saturated carbocycles. The molecular weight excluding hydrogens is 439 g/mol. The number of nitro groups is 1. The molecule has 3 N–H and O–H groups in total. The first-order chi connectivity index (χ1) is 13.7. The lowest BCUT2D eigenvalue weighted by molar-refractivity contribution is -0.384. The predicted octanol–water partition coefficient (Wildman–Crippen LogP) is 4.77. The highest BCUT2D eigenvalue weighted by Crippen LogP contribution is 2.26. The molecule has 0 aliphatic carbocycles. The van der Waals surface area contributed by atoms with Gasteiger partial charge in [0.25, 0.3) is 11.6 Å². The summed E-state index contributed by atoms with van der Waals surface area (Å²) in [4.78, 5) is 34.2. The van der Waals surface area contributed by atoms with E-state index in [1.54, 1.807) is 18.2 Å². The van der Waals surface area contributed by atoms with E-state index in [2.05, 4.69) is 16.0 Å². The van der Waals surface area contributed by atoms with Crippen molar-refractivity contribution in [1.29, 1.82) is 0 Å². The van der Waals surface area contributed by atoms with Gasteiger partial charge in [0.15, 0.2) is 5.11 Å². The van der Waals surface area contributed by atoms with Crippen LogP contribution in [0.15, 0.2) is 36.4 Å². The van der Waals surface area contributed by atoms with Crippen LogP contribution in [0.25, 0.3) is 0 Å². The van der Waals surface area contributed by atoms with E-state index in [0.717, 1.165) is 12.1 Å². The Hall–Kier alpha value is -2.75. The van der Waals surface area contributed by atoms with Crippen molar-refractivity contribution in [2.75, 3.05) is 10.6 Å². The fourth-order valence-electron chi connectivity index (χ4n) is 2.28. The maximum absolute atomic E-state index is 12.3. The number of halogens is 2. The van der Waals surface area contributed by atoms with Gasteiger partial charge in [0, 0.05) is 24.2 Å². The molecular formula is C18H16Cl2N4O4S. The summed E-state index contributed by atoms with van der Waals surface area (Å²) in [5.74, 6) is -0.782.